The third-order valence-electron chi connectivity index (χ3n) is 4.31. The lowest BCUT2D eigenvalue weighted by Crippen LogP contribution is -2.43. The number of hydrogen-bond acceptors (Lipinski definition) is 2. The molecule has 2 aromatic carbocycles. The molecule has 2 rings (SSSR count). The van der Waals surface area contributed by atoms with Crippen LogP contribution in [-0.4, -0.2) is 11.0 Å². The number of benzene rings is 2. The molecule has 1 atom stereocenters. The molecule has 0 fully saturated rings. The molecule has 2 N–H and O–H groups in total. The van der Waals surface area contributed by atoms with Crippen LogP contribution in [0.2, 0.25) is 5.02 Å². The van der Waals surface area contributed by atoms with Gasteiger partial charge in [0.25, 0.3) is 5.91 Å². The van der Waals surface area contributed by atoms with E-state index in [1.165, 1.54) is 12.1 Å². The van der Waals surface area contributed by atoms with Crippen LogP contribution in [0.25, 0.3) is 0 Å². The van der Waals surface area contributed by atoms with Crippen LogP contribution >= 0.6 is 11.6 Å². The van der Waals surface area contributed by atoms with Crippen molar-refractivity contribution in [3.63, 3.8) is 0 Å². The maximum atomic E-state index is 12.9. The minimum absolute atomic E-state index is 0.0841. The van der Waals surface area contributed by atoms with E-state index in [0.29, 0.717) is 21.7 Å². The smallest absolute Gasteiger partial charge is 0.375 e. The zero-order chi connectivity index (χ0) is 19.5. The van der Waals surface area contributed by atoms with Crippen molar-refractivity contribution < 1.29 is 23.1 Å². The maximum Gasteiger partial charge on any atom is 0.416 e. The Morgan fingerprint density at radius 1 is 1.15 bits per heavy atom. The van der Waals surface area contributed by atoms with Gasteiger partial charge in [0.2, 0.25) is 0 Å². The normalized spacial score (nSPS) is 14.0. The second-order valence-corrected chi connectivity index (χ2v) is 6.48. The van der Waals surface area contributed by atoms with Gasteiger partial charge in [-0.2, -0.15) is 13.2 Å². The topological polar surface area (TPSA) is 49.3 Å². The Kier molecular flexibility index (Phi) is 5.98. The predicted molar refractivity (Wildman–Crippen MR) is 93.7 cm³/mol. The summed E-state index contributed by atoms with van der Waals surface area (Å²) < 4.78 is 38.6. The van der Waals surface area contributed by atoms with Crippen molar-refractivity contribution in [2.75, 3.05) is 0 Å². The second kappa shape index (κ2) is 7.68. The van der Waals surface area contributed by atoms with Crippen molar-refractivity contribution >= 4 is 17.5 Å². The quantitative estimate of drug-likeness (QED) is 0.791. The fourth-order valence-corrected chi connectivity index (χ4v) is 2.79. The van der Waals surface area contributed by atoms with Crippen molar-refractivity contribution in [3.8, 4) is 0 Å². The highest BCUT2D eigenvalue weighted by atomic mass is 35.5. The van der Waals surface area contributed by atoms with Gasteiger partial charge in [-0.1, -0.05) is 36.7 Å². The molecule has 26 heavy (non-hydrogen) atoms. The molecule has 0 bridgehead atoms. The summed E-state index contributed by atoms with van der Waals surface area (Å²) in [6.07, 6.45) is -4.38. The fraction of sp³-hybridized carbons (Fsp3) is 0.316. The van der Waals surface area contributed by atoms with E-state index in [2.05, 4.69) is 5.32 Å². The van der Waals surface area contributed by atoms with Gasteiger partial charge in [-0.15, -0.1) is 0 Å². The lowest BCUT2D eigenvalue weighted by molar-refractivity contribution is -0.141. The molecular weight excluding hydrogens is 367 g/mol. The number of nitrogens with one attached hydrogen (secondary N) is 1. The van der Waals surface area contributed by atoms with Crippen LogP contribution < -0.4 is 5.32 Å². The standard InChI is InChI=1S/C19H19ClF3NO2/c1-3-18(26,14-5-4-6-16(20)10-14)17(25)24-11-13-9-15(19(21,22)23)8-7-12(13)2/h4-10,26H,3,11H2,1-2H3,(H,24,25). The third-order valence-corrected chi connectivity index (χ3v) is 4.54. The Balaban J connectivity index is 2.22. The average molecular weight is 386 g/mol. The van der Waals surface area contributed by atoms with E-state index in [1.54, 1.807) is 32.0 Å². The van der Waals surface area contributed by atoms with E-state index < -0.39 is 23.2 Å². The van der Waals surface area contributed by atoms with Crippen LogP contribution in [-0.2, 0) is 23.1 Å². The van der Waals surface area contributed by atoms with Crippen LogP contribution in [0.1, 0.15) is 35.6 Å². The molecule has 3 nitrogen and oxygen atoms in total. The lowest BCUT2D eigenvalue weighted by Gasteiger charge is -2.26. The molecule has 0 aliphatic heterocycles. The van der Waals surface area contributed by atoms with Crippen LogP contribution in [0.4, 0.5) is 13.2 Å². The first-order valence-corrected chi connectivity index (χ1v) is 8.39. The first-order valence-electron chi connectivity index (χ1n) is 8.01. The number of aliphatic hydroxyl groups is 1. The molecule has 1 amide bonds. The number of halogens is 4. The van der Waals surface area contributed by atoms with Gasteiger partial charge in [-0.3, -0.25) is 4.79 Å². The number of hydrogen-bond donors (Lipinski definition) is 2. The van der Waals surface area contributed by atoms with Crippen LogP contribution in [0.3, 0.4) is 0 Å². The molecule has 0 saturated heterocycles. The van der Waals surface area contributed by atoms with Gasteiger partial charge < -0.3 is 10.4 Å². The second-order valence-electron chi connectivity index (χ2n) is 6.05. The molecule has 0 spiro atoms. The van der Waals surface area contributed by atoms with Crippen molar-refractivity contribution in [1.82, 2.24) is 5.32 Å². The summed E-state index contributed by atoms with van der Waals surface area (Å²) in [6.45, 7) is 3.16. The summed E-state index contributed by atoms with van der Waals surface area (Å²) in [5, 5.41) is 13.7. The van der Waals surface area contributed by atoms with Crippen LogP contribution in [0.5, 0.6) is 0 Å². The minimum Gasteiger partial charge on any atom is -0.375 e. The number of aryl methyl sites for hydroxylation is 1. The van der Waals surface area contributed by atoms with E-state index in [9.17, 15) is 23.1 Å². The summed E-state index contributed by atoms with van der Waals surface area (Å²) in [4.78, 5) is 12.5. The Labute approximate surface area is 154 Å². The molecule has 0 aromatic heterocycles. The number of carbonyl (C=O) groups is 1. The highest BCUT2D eigenvalue weighted by molar-refractivity contribution is 6.30. The maximum absolute atomic E-state index is 12.9. The molecule has 0 radical (unpaired) electrons. The Hall–Kier alpha value is -2.05. The van der Waals surface area contributed by atoms with Gasteiger partial charge in [0.1, 0.15) is 0 Å². The predicted octanol–water partition coefficient (Wildman–Crippen LogP) is 4.58. The molecular formula is C19H19ClF3NO2. The monoisotopic (exact) mass is 385 g/mol. The van der Waals surface area contributed by atoms with Crippen molar-refractivity contribution in [3.05, 3.63) is 69.7 Å². The Bertz CT molecular complexity index is 808. The molecule has 7 heteroatoms. The van der Waals surface area contributed by atoms with Gasteiger partial charge in [-0.25, -0.2) is 0 Å². The largest absolute Gasteiger partial charge is 0.416 e. The molecule has 0 saturated carbocycles. The van der Waals surface area contributed by atoms with E-state index in [-0.39, 0.29) is 13.0 Å². The zero-order valence-corrected chi connectivity index (χ0v) is 15.1. The number of alkyl halides is 3. The van der Waals surface area contributed by atoms with E-state index in [4.69, 9.17) is 11.6 Å². The zero-order valence-electron chi connectivity index (χ0n) is 14.3. The minimum atomic E-state index is -4.46. The Morgan fingerprint density at radius 2 is 1.85 bits per heavy atom. The number of rotatable bonds is 5. The summed E-state index contributed by atoms with van der Waals surface area (Å²) in [6, 6.07) is 9.64. The van der Waals surface area contributed by atoms with Crippen LogP contribution in [0, 0.1) is 6.92 Å². The van der Waals surface area contributed by atoms with Gasteiger partial charge in [0.05, 0.1) is 5.56 Å². The lowest BCUT2D eigenvalue weighted by atomic mass is 9.90. The van der Waals surface area contributed by atoms with Crippen molar-refractivity contribution in [2.24, 2.45) is 0 Å². The summed E-state index contributed by atoms with van der Waals surface area (Å²) in [5.74, 6) is -0.695. The molecule has 0 heterocycles. The molecule has 0 aliphatic carbocycles. The van der Waals surface area contributed by atoms with Gasteiger partial charge in [0, 0.05) is 11.6 Å². The van der Waals surface area contributed by atoms with Gasteiger partial charge >= 0.3 is 6.18 Å². The summed E-state index contributed by atoms with van der Waals surface area (Å²) in [7, 11) is 0. The SMILES string of the molecule is CCC(O)(C(=O)NCc1cc(C(F)(F)F)ccc1C)c1cccc(Cl)c1. The summed E-state index contributed by atoms with van der Waals surface area (Å²) in [5.41, 5.74) is -1.34. The summed E-state index contributed by atoms with van der Waals surface area (Å²) >= 11 is 5.92. The van der Waals surface area contributed by atoms with E-state index in [1.807, 2.05) is 0 Å². The molecule has 1 unspecified atom stereocenters. The van der Waals surface area contributed by atoms with Gasteiger partial charge in [0.15, 0.2) is 5.60 Å². The molecule has 140 valence electrons. The third kappa shape index (κ3) is 4.37. The molecule has 2 aromatic rings. The molecule has 0 aliphatic rings. The first kappa shape index (κ1) is 20.3. The Morgan fingerprint density at radius 3 is 2.42 bits per heavy atom. The average Bonchev–Trinajstić information content (AvgIpc) is 2.59. The number of carbonyl (C=O) groups excluding carboxylic acids is 1. The van der Waals surface area contributed by atoms with Crippen molar-refractivity contribution in [1.29, 1.82) is 0 Å². The number of amides is 1. The van der Waals surface area contributed by atoms with E-state index >= 15 is 0 Å². The van der Waals surface area contributed by atoms with Crippen molar-refractivity contribution in [2.45, 2.75) is 38.6 Å². The highest BCUT2D eigenvalue weighted by Gasteiger charge is 2.36. The van der Waals surface area contributed by atoms with Crippen LogP contribution in [0.15, 0.2) is 42.5 Å². The highest BCUT2D eigenvalue weighted by Crippen LogP contribution is 2.31. The van der Waals surface area contributed by atoms with E-state index in [0.717, 1.165) is 12.1 Å². The fourth-order valence-electron chi connectivity index (χ4n) is 2.60. The van der Waals surface area contributed by atoms with Gasteiger partial charge in [-0.05, 0) is 54.3 Å². The first-order chi connectivity index (χ1) is 12.1.